The monoisotopic (exact) mass is 401 g/mol. The Labute approximate surface area is 168 Å². The first-order chi connectivity index (χ1) is 13.2. The molecule has 2 aromatic rings. The number of hydrogen-bond donors (Lipinski definition) is 1. The van der Waals surface area contributed by atoms with E-state index in [1.165, 1.54) is 17.0 Å². The highest BCUT2D eigenvalue weighted by atomic mass is 32.1. The van der Waals surface area contributed by atoms with Crippen molar-refractivity contribution in [1.82, 2.24) is 10.2 Å². The molecule has 1 amide bonds. The molecule has 7 heteroatoms. The van der Waals surface area contributed by atoms with Crippen LogP contribution < -0.4 is 10.2 Å². The summed E-state index contributed by atoms with van der Waals surface area (Å²) in [6.07, 6.45) is 0. The second-order valence-electron chi connectivity index (χ2n) is 6.92. The van der Waals surface area contributed by atoms with Crippen LogP contribution in [0.1, 0.15) is 24.1 Å². The van der Waals surface area contributed by atoms with Gasteiger partial charge in [-0.1, -0.05) is 23.8 Å². The smallest absolute Gasteiger partial charge is 0.253 e. The van der Waals surface area contributed by atoms with Crippen LogP contribution in [0.2, 0.25) is 0 Å². The molecule has 0 aromatic heterocycles. The second-order valence-corrected chi connectivity index (χ2v) is 7.30. The third-order valence-electron chi connectivity index (χ3n) is 4.69. The summed E-state index contributed by atoms with van der Waals surface area (Å²) in [6, 6.07) is 10.2. The number of benzene rings is 2. The first kappa shape index (κ1) is 19.9. The zero-order valence-electron chi connectivity index (χ0n) is 16.1. The molecule has 0 saturated carbocycles. The molecule has 1 heterocycles. The SMILES string of the molecule is CC1=C(C(=O)N(C)C)[C@H](c2ccc(F)cc2F)NC(=S)N1c1ccc(C)cc1. The van der Waals surface area contributed by atoms with Gasteiger partial charge in [-0.05, 0) is 44.3 Å². The van der Waals surface area contributed by atoms with Crippen molar-refractivity contribution in [1.29, 1.82) is 0 Å². The molecule has 4 nitrogen and oxygen atoms in total. The van der Waals surface area contributed by atoms with Crippen LogP contribution in [0.25, 0.3) is 0 Å². The number of nitrogens with zero attached hydrogens (tertiary/aromatic N) is 2. The summed E-state index contributed by atoms with van der Waals surface area (Å²) in [5.41, 5.74) is 3.00. The average molecular weight is 401 g/mol. The van der Waals surface area contributed by atoms with Crippen LogP contribution in [0.5, 0.6) is 0 Å². The highest BCUT2D eigenvalue weighted by Gasteiger charge is 2.36. The van der Waals surface area contributed by atoms with Gasteiger partial charge in [-0.15, -0.1) is 0 Å². The Morgan fingerprint density at radius 1 is 1.11 bits per heavy atom. The Morgan fingerprint density at radius 3 is 2.32 bits per heavy atom. The zero-order valence-corrected chi connectivity index (χ0v) is 16.9. The molecule has 0 unspecified atom stereocenters. The molecule has 1 aliphatic rings. The third-order valence-corrected chi connectivity index (χ3v) is 4.99. The molecule has 3 rings (SSSR count). The highest BCUT2D eigenvalue weighted by molar-refractivity contribution is 7.80. The molecule has 1 atom stereocenters. The fourth-order valence-corrected chi connectivity index (χ4v) is 3.59. The predicted octanol–water partition coefficient (Wildman–Crippen LogP) is 4.07. The lowest BCUT2D eigenvalue weighted by Gasteiger charge is -2.38. The number of rotatable bonds is 3. The van der Waals surface area contributed by atoms with E-state index >= 15 is 0 Å². The highest BCUT2D eigenvalue weighted by Crippen LogP contribution is 2.35. The number of amides is 1. The van der Waals surface area contributed by atoms with Gasteiger partial charge in [0.25, 0.3) is 5.91 Å². The van der Waals surface area contributed by atoms with Crippen LogP contribution in [0.3, 0.4) is 0 Å². The van der Waals surface area contributed by atoms with Crippen molar-refractivity contribution in [2.24, 2.45) is 0 Å². The summed E-state index contributed by atoms with van der Waals surface area (Å²) in [4.78, 5) is 16.2. The Morgan fingerprint density at radius 2 is 1.75 bits per heavy atom. The molecule has 2 aromatic carbocycles. The van der Waals surface area contributed by atoms with Crippen LogP contribution in [-0.4, -0.2) is 30.0 Å². The number of carbonyl (C=O) groups excluding carboxylic acids is 1. The average Bonchev–Trinajstić information content (AvgIpc) is 2.62. The number of thiocarbonyl (C=S) groups is 1. The quantitative estimate of drug-likeness (QED) is 0.787. The number of carbonyl (C=O) groups is 1. The minimum absolute atomic E-state index is 0.164. The van der Waals surface area contributed by atoms with Gasteiger partial charge >= 0.3 is 0 Å². The minimum atomic E-state index is -0.815. The molecule has 0 radical (unpaired) electrons. The van der Waals surface area contributed by atoms with Gasteiger partial charge in [0.2, 0.25) is 0 Å². The summed E-state index contributed by atoms with van der Waals surface area (Å²) >= 11 is 5.53. The molecule has 1 aliphatic heterocycles. The number of hydrogen-bond acceptors (Lipinski definition) is 2. The van der Waals surface area contributed by atoms with E-state index < -0.39 is 17.7 Å². The van der Waals surface area contributed by atoms with Crippen LogP contribution in [0.4, 0.5) is 14.5 Å². The summed E-state index contributed by atoms with van der Waals surface area (Å²) < 4.78 is 27.9. The number of halogens is 2. The van der Waals surface area contributed by atoms with Crippen LogP contribution >= 0.6 is 12.2 Å². The maximum absolute atomic E-state index is 14.5. The van der Waals surface area contributed by atoms with Crippen molar-refractivity contribution in [3.63, 3.8) is 0 Å². The first-order valence-electron chi connectivity index (χ1n) is 8.75. The van der Waals surface area contributed by atoms with E-state index in [4.69, 9.17) is 12.2 Å². The maximum Gasteiger partial charge on any atom is 0.253 e. The van der Waals surface area contributed by atoms with Crippen molar-refractivity contribution < 1.29 is 13.6 Å². The first-order valence-corrected chi connectivity index (χ1v) is 9.16. The molecule has 146 valence electrons. The number of aryl methyl sites for hydroxylation is 1. The molecule has 0 fully saturated rings. The Bertz CT molecular complexity index is 970. The molecule has 1 N–H and O–H groups in total. The van der Waals surface area contributed by atoms with E-state index in [2.05, 4.69) is 5.32 Å². The van der Waals surface area contributed by atoms with E-state index in [9.17, 15) is 13.6 Å². The van der Waals surface area contributed by atoms with Gasteiger partial charge in [-0.2, -0.15) is 0 Å². The van der Waals surface area contributed by atoms with E-state index in [1.54, 1.807) is 25.9 Å². The van der Waals surface area contributed by atoms with Crippen LogP contribution in [0, 0.1) is 18.6 Å². The van der Waals surface area contributed by atoms with Gasteiger partial charge in [0, 0.05) is 37.1 Å². The van der Waals surface area contributed by atoms with Crippen LogP contribution in [-0.2, 0) is 4.79 Å². The minimum Gasteiger partial charge on any atom is -0.351 e. The number of likely N-dealkylation sites (N-methyl/N-ethyl adjacent to an activating group) is 1. The fourth-order valence-electron chi connectivity index (χ4n) is 3.23. The number of anilines is 1. The van der Waals surface area contributed by atoms with E-state index in [1.807, 2.05) is 31.2 Å². The van der Waals surface area contributed by atoms with Crippen molar-refractivity contribution >= 4 is 28.9 Å². The van der Waals surface area contributed by atoms with Gasteiger partial charge in [-0.25, -0.2) is 8.78 Å². The zero-order chi connectivity index (χ0) is 20.6. The van der Waals surface area contributed by atoms with Gasteiger partial charge in [-0.3, -0.25) is 9.69 Å². The Hall–Kier alpha value is -2.80. The Kier molecular flexibility index (Phi) is 5.47. The summed E-state index contributed by atoms with van der Waals surface area (Å²) in [7, 11) is 3.26. The second kappa shape index (κ2) is 7.67. The molecule has 0 spiro atoms. The molecule has 0 saturated heterocycles. The fraction of sp³-hybridized carbons (Fsp3) is 0.238. The molecule has 28 heavy (non-hydrogen) atoms. The summed E-state index contributed by atoms with van der Waals surface area (Å²) in [6.45, 7) is 3.76. The van der Waals surface area contributed by atoms with Gasteiger partial charge in [0.05, 0.1) is 11.6 Å². The summed E-state index contributed by atoms with van der Waals surface area (Å²) in [5, 5.41) is 3.40. The van der Waals surface area contributed by atoms with Gasteiger partial charge < -0.3 is 10.2 Å². The molecular weight excluding hydrogens is 380 g/mol. The normalized spacial score (nSPS) is 16.9. The van der Waals surface area contributed by atoms with Crippen molar-refractivity contribution in [3.8, 4) is 0 Å². The molecule has 0 aliphatic carbocycles. The Balaban J connectivity index is 2.18. The van der Waals surface area contributed by atoms with Crippen molar-refractivity contribution in [2.45, 2.75) is 19.9 Å². The largest absolute Gasteiger partial charge is 0.351 e. The van der Waals surface area contributed by atoms with Crippen molar-refractivity contribution in [3.05, 3.63) is 76.5 Å². The standard InChI is InChI=1S/C21H21F2N3OS/c1-12-5-8-15(9-6-12)26-13(2)18(20(27)25(3)4)19(24-21(26)28)16-10-7-14(22)11-17(16)23/h5-11,19H,1-4H3,(H,24,28)/t19-/m0/s1. The van der Waals surface area contributed by atoms with Gasteiger partial charge in [0.15, 0.2) is 5.11 Å². The van der Waals surface area contributed by atoms with E-state index in [0.29, 0.717) is 16.4 Å². The maximum atomic E-state index is 14.5. The lowest BCUT2D eigenvalue weighted by Crippen LogP contribution is -2.49. The third kappa shape index (κ3) is 3.62. The lowest BCUT2D eigenvalue weighted by molar-refractivity contribution is -0.125. The molecule has 0 bridgehead atoms. The van der Waals surface area contributed by atoms with Crippen molar-refractivity contribution in [2.75, 3.05) is 19.0 Å². The predicted molar refractivity (Wildman–Crippen MR) is 110 cm³/mol. The van der Waals surface area contributed by atoms with Gasteiger partial charge in [0.1, 0.15) is 11.6 Å². The summed E-state index contributed by atoms with van der Waals surface area (Å²) in [5.74, 6) is -1.69. The topological polar surface area (TPSA) is 35.6 Å². The lowest BCUT2D eigenvalue weighted by atomic mass is 9.93. The molecular formula is C21H21F2N3OS. The van der Waals surface area contributed by atoms with E-state index in [0.717, 1.165) is 17.3 Å². The number of allylic oxidation sites excluding steroid dienone is 1. The number of nitrogens with one attached hydrogen (secondary N) is 1. The van der Waals surface area contributed by atoms with E-state index in [-0.39, 0.29) is 11.5 Å². The van der Waals surface area contributed by atoms with Crippen LogP contribution in [0.15, 0.2) is 53.7 Å².